The zero-order chi connectivity index (χ0) is 28.1. The summed E-state index contributed by atoms with van der Waals surface area (Å²) in [6.45, 7) is 19.0. The minimum absolute atomic E-state index is 0. The van der Waals surface area contributed by atoms with Crippen molar-refractivity contribution in [3.8, 4) is 0 Å². The van der Waals surface area contributed by atoms with Crippen molar-refractivity contribution in [2.24, 2.45) is 11.8 Å². The Kier molecular flexibility index (Phi) is 22.0. The number of allylic oxidation sites excluding steroid dienone is 4. The van der Waals surface area contributed by atoms with E-state index >= 15 is 0 Å². The van der Waals surface area contributed by atoms with Gasteiger partial charge in [-0.1, -0.05) is 112 Å². The number of halogens is 1. The molecule has 0 aliphatic carbocycles. The highest BCUT2D eigenvalue weighted by Crippen LogP contribution is 2.40. The Labute approximate surface area is 238 Å². The fourth-order valence-corrected chi connectivity index (χ4v) is 5.00. The third-order valence-corrected chi connectivity index (χ3v) is 6.53. The number of benzene rings is 2. The maximum absolute atomic E-state index is 8.12. The average molecular weight is 539 g/mol. The highest BCUT2D eigenvalue weighted by molar-refractivity contribution is 6.17. The Morgan fingerprint density at radius 1 is 0.921 bits per heavy atom. The van der Waals surface area contributed by atoms with Crippen molar-refractivity contribution in [3.05, 3.63) is 108 Å². The molecule has 38 heavy (non-hydrogen) atoms. The van der Waals surface area contributed by atoms with Crippen molar-refractivity contribution in [2.75, 3.05) is 5.88 Å². The highest BCUT2D eigenvalue weighted by Gasteiger charge is 2.31. The van der Waals surface area contributed by atoms with Crippen molar-refractivity contribution < 1.29 is 9.59 Å². The van der Waals surface area contributed by atoms with E-state index in [2.05, 4.69) is 121 Å². The summed E-state index contributed by atoms with van der Waals surface area (Å²) in [5.74, 6) is 2.02. The van der Waals surface area contributed by atoms with Gasteiger partial charge in [0.05, 0.1) is 0 Å². The summed E-state index contributed by atoms with van der Waals surface area (Å²) in [7, 11) is 0. The zero-order valence-electron chi connectivity index (χ0n) is 23.6. The predicted molar refractivity (Wildman–Crippen MR) is 167 cm³/mol. The van der Waals surface area contributed by atoms with Crippen LogP contribution in [0.15, 0.2) is 97.1 Å². The monoisotopic (exact) mass is 538 g/mol. The van der Waals surface area contributed by atoms with Crippen molar-refractivity contribution in [1.82, 2.24) is 0 Å². The van der Waals surface area contributed by atoms with Gasteiger partial charge in [-0.15, -0.1) is 24.8 Å². The number of rotatable bonds is 13. The van der Waals surface area contributed by atoms with Crippen LogP contribution in [0.2, 0.25) is 0 Å². The van der Waals surface area contributed by atoms with Crippen molar-refractivity contribution >= 4 is 17.8 Å². The number of alkyl halides is 1. The molecule has 0 amide bonds. The van der Waals surface area contributed by atoms with E-state index in [9.17, 15) is 0 Å². The van der Waals surface area contributed by atoms with Gasteiger partial charge < -0.3 is 0 Å². The molecule has 3 heteroatoms. The van der Waals surface area contributed by atoms with Gasteiger partial charge in [0.15, 0.2) is 0 Å². The maximum Gasteiger partial charge on any atom is 0.373 e. The molecule has 0 N–H and O–H groups in total. The SMILES string of the molecule is C.C=C(C)CC(CCCl)CC(C)(c1ccccc1)c1ccccc1.C=C(C)C[C@@H](C)C/C=C/CC.O=C=O. The van der Waals surface area contributed by atoms with E-state index in [0.717, 1.165) is 38.0 Å². The Balaban J connectivity index is 0. The second-order valence-electron chi connectivity index (χ2n) is 10.2. The van der Waals surface area contributed by atoms with Gasteiger partial charge in [-0.05, 0) is 75.3 Å². The van der Waals surface area contributed by atoms with E-state index < -0.39 is 0 Å². The van der Waals surface area contributed by atoms with Crippen LogP contribution in [0.4, 0.5) is 0 Å². The van der Waals surface area contributed by atoms with Crippen LogP contribution >= 0.6 is 11.6 Å². The molecule has 2 rings (SSSR count). The molecule has 0 spiro atoms. The molecular weight excluding hydrogens is 488 g/mol. The first-order valence-electron chi connectivity index (χ1n) is 13.2. The lowest BCUT2D eigenvalue weighted by molar-refractivity contribution is -0.191. The molecule has 0 bridgehead atoms. The molecule has 0 aromatic heterocycles. The first kappa shape index (κ1) is 37.5. The van der Waals surface area contributed by atoms with Crippen LogP contribution in [0.5, 0.6) is 0 Å². The van der Waals surface area contributed by atoms with Gasteiger partial charge in [0.25, 0.3) is 0 Å². The molecule has 0 aliphatic rings. The van der Waals surface area contributed by atoms with Gasteiger partial charge in [-0.2, -0.15) is 9.59 Å². The fourth-order valence-electron chi connectivity index (χ4n) is 4.69. The summed E-state index contributed by atoms with van der Waals surface area (Å²) < 4.78 is 0. The lowest BCUT2D eigenvalue weighted by Gasteiger charge is -2.35. The first-order chi connectivity index (χ1) is 17.6. The van der Waals surface area contributed by atoms with Crippen LogP contribution in [-0.4, -0.2) is 12.0 Å². The molecule has 210 valence electrons. The fraction of sp³-hybridized carbons (Fsp3) is 0.457. The standard InChI is InChI=1S/C22H27Cl.C11H20.CO2.CH4/c1-18(2)16-19(14-15-23)17-22(3,20-10-6-4-7-11-20)21-12-8-5-9-13-21;1-5-6-7-8-11(4)9-10(2)3;2-1-3;/h4-13,19H,1,14-17H2,2-3H3;6-7,11H,2,5,8-9H2,1,3-4H3;;1H4/b;7-6+;;/t;11-;;/m.0../s1. The molecule has 0 fully saturated rings. The van der Waals surface area contributed by atoms with Gasteiger partial charge >= 0.3 is 6.15 Å². The molecule has 2 aromatic rings. The first-order valence-corrected chi connectivity index (χ1v) is 13.8. The van der Waals surface area contributed by atoms with Crippen LogP contribution < -0.4 is 0 Å². The summed E-state index contributed by atoms with van der Waals surface area (Å²) in [6, 6.07) is 21.7. The Morgan fingerprint density at radius 3 is 1.74 bits per heavy atom. The molecule has 2 nitrogen and oxygen atoms in total. The Morgan fingerprint density at radius 2 is 1.37 bits per heavy atom. The minimum atomic E-state index is -0.00526. The lowest BCUT2D eigenvalue weighted by atomic mass is 9.69. The lowest BCUT2D eigenvalue weighted by Crippen LogP contribution is -2.27. The van der Waals surface area contributed by atoms with Crippen LogP contribution in [-0.2, 0) is 15.0 Å². The van der Waals surface area contributed by atoms with Crippen LogP contribution in [0, 0.1) is 11.8 Å². The quantitative estimate of drug-likeness (QED) is 0.188. The summed E-state index contributed by atoms with van der Waals surface area (Å²) in [6.07, 6.45) is 11.4. The van der Waals surface area contributed by atoms with Gasteiger partial charge in [0.1, 0.15) is 0 Å². The summed E-state index contributed by atoms with van der Waals surface area (Å²) in [5, 5.41) is 0. The Hall–Kier alpha value is -2.67. The third kappa shape index (κ3) is 16.2. The summed E-state index contributed by atoms with van der Waals surface area (Å²) in [4.78, 5) is 16.2. The zero-order valence-corrected chi connectivity index (χ0v) is 24.4. The van der Waals surface area contributed by atoms with Crippen LogP contribution in [0.3, 0.4) is 0 Å². The molecule has 0 heterocycles. The average Bonchev–Trinajstić information content (AvgIpc) is 2.85. The highest BCUT2D eigenvalue weighted by atomic mass is 35.5. The smallest absolute Gasteiger partial charge is 0.186 e. The summed E-state index contributed by atoms with van der Waals surface area (Å²) >= 11 is 6.07. The number of hydrogen-bond acceptors (Lipinski definition) is 2. The minimum Gasteiger partial charge on any atom is -0.186 e. The van der Waals surface area contributed by atoms with Crippen molar-refractivity contribution in [1.29, 1.82) is 0 Å². The van der Waals surface area contributed by atoms with Gasteiger partial charge in [-0.3, -0.25) is 0 Å². The van der Waals surface area contributed by atoms with E-state index in [1.54, 1.807) is 0 Å². The molecular formula is C35H51ClO2. The maximum atomic E-state index is 8.12. The molecule has 0 saturated heterocycles. The molecule has 0 radical (unpaired) electrons. The van der Waals surface area contributed by atoms with Gasteiger partial charge in [0.2, 0.25) is 0 Å². The molecule has 0 saturated carbocycles. The predicted octanol–water partition coefficient (Wildman–Crippen LogP) is 10.6. The van der Waals surface area contributed by atoms with E-state index in [-0.39, 0.29) is 19.0 Å². The van der Waals surface area contributed by atoms with Gasteiger partial charge in [0, 0.05) is 11.3 Å². The van der Waals surface area contributed by atoms with E-state index in [0.29, 0.717) is 11.8 Å². The number of carbonyl (C=O) groups excluding carboxylic acids is 2. The third-order valence-electron chi connectivity index (χ3n) is 6.31. The van der Waals surface area contributed by atoms with E-state index in [4.69, 9.17) is 21.2 Å². The van der Waals surface area contributed by atoms with Crippen molar-refractivity contribution in [3.63, 3.8) is 0 Å². The summed E-state index contributed by atoms with van der Waals surface area (Å²) in [5.41, 5.74) is 5.26. The Bertz CT molecular complexity index is 901. The topological polar surface area (TPSA) is 34.1 Å². The van der Waals surface area contributed by atoms with E-state index in [1.807, 2.05) is 0 Å². The molecule has 2 aromatic carbocycles. The van der Waals surface area contributed by atoms with Crippen LogP contribution in [0.1, 0.15) is 91.7 Å². The second kappa shape index (κ2) is 22.3. The largest absolute Gasteiger partial charge is 0.373 e. The second-order valence-corrected chi connectivity index (χ2v) is 10.6. The number of hydrogen-bond donors (Lipinski definition) is 0. The normalized spacial score (nSPS) is 11.9. The molecule has 2 atom stereocenters. The van der Waals surface area contributed by atoms with Crippen LogP contribution in [0.25, 0.3) is 0 Å². The van der Waals surface area contributed by atoms with E-state index in [1.165, 1.54) is 28.7 Å². The van der Waals surface area contributed by atoms with Crippen molar-refractivity contribution in [2.45, 2.75) is 86.0 Å². The molecule has 0 aliphatic heterocycles. The van der Waals surface area contributed by atoms with Gasteiger partial charge in [-0.25, -0.2) is 0 Å². The molecule has 1 unspecified atom stereocenters.